The molecule has 0 radical (unpaired) electrons. The summed E-state index contributed by atoms with van der Waals surface area (Å²) in [7, 11) is -3.65. The van der Waals surface area contributed by atoms with Crippen molar-refractivity contribution in [3.05, 3.63) is 77.0 Å². The lowest BCUT2D eigenvalue weighted by molar-refractivity contribution is -0.0344. The van der Waals surface area contributed by atoms with Crippen LogP contribution in [0.3, 0.4) is 0 Å². The maximum atomic E-state index is 13.9. The normalized spacial score (nSPS) is 23.5. The molecule has 0 N–H and O–H groups in total. The van der Waals surface area contributed by atoms with Crippen molar-refractivity contribution in [2.75, 3.05) is 39.5 Å². The van der Waals surface area contributed by atoms with E-state index >= 15 is 0 Å². The fraction of sp³-hybridized carbons (Fsp3) is 0.379. The first-order chi connectivity index (χ1) is 18.9. The van der Waals surface area contributed by atoms with Crippen molar-refractivity contribution in [1.82, 2.24) is 19.6 Å². The van der Waals surface area contributed by atoms with Crippen molar-refractivity contribution in [2.24, 2.45) is 0 Å². The van der Waals surface area contributed by atoms with Gasteiger partial charge >= 0.3 is 0 Å². The summed E-state index contributed by atoms with van der Waals surface area (Å²) in [6.45, 7) is 6.89. The van der Waals surface area contributed by atoms with Crippen molar-refractivity contribution in [3.8, 4) is 16.9 Å². The van der Waals surface area contributed by atoms with Crippen LogP contribution >= 0.6 is 0 Å². The second-order valence-electron chi connectivity index (χ2n) is 10.6. The molecule has 2 aromatic carbocycles. The monoisotopic (exact) mass is 546 g/mol. The van der Waals surface area contributed by atoms with E-state index in [4.69, 9.17) is 14.6 Å². The molecule has 202 valence electrons. The van der Waals surface area contributed by atoms with Gasteiger partial charge in [-0.25, -0.2) is 13.1 Å². The zero-order valence-corrected chi connectivity index (χ0v) is 22.6. The van der Waals surface area contributed by atoms with Crippen LogP contribution in [-0.2, 0) is 31.6 Å². The van der Waals surface area contributed by atoms with E-state index in [0.29, 0.717) is 30.0 Å². The molecule has 1 amide bonds. The molecule has 2 fully saturated rings. The Balaban J connectivity index is 1.32. The van der Waals surface area contributed by atoms with Gasteiger partial charge in [0.25, 0.3) is 5.91 Å². The summed E-state index contributed by atoms with van der Waals surface area (Å²) < 4.78 is 39.8. The molecule has 0 unspecified atom stereocenters. The number of hydrogen-bond donors (Lipinski definition) is 0. The Morgan fingerprint density at radius 3 is 2.56 bits per heavy atom. The molecule has 9 nitrogen and oxygen atoms in total. The molecule has 2 saturated heterocycles. The van der Waals surface area contributed by atoms with Gasteiger partial charge < -0.3 is 14.4 Å². The second kappa shape index (κ2) is 9.41. The van der Waals surface area contributed by atoms with Gasteiger partial charge in [-0.05, 0) is 36.2 Å². The number of ether oxygens (including phenoxy) is 2. The largest absolute Gasteiger partial charge is 0.379 e. The van der Waals surface area contributed by atoms with Crippen molar-refractivity contribution in [2.45, 2.75) is 36.3 Å². The molecule has 3 aliphatic heterocycles. The van der Waals surface area contributed by atoms with E-state index < -0.39 is 9.84 Å². The fourth-order valence-corrected chi connectivity index (χ4v) is 7.55. The SMILES string of the molecule is Cc1ccc2c(c1)S(=O)(=O)Cc1c(C(=O)N3CCO[C@@H]4C=C[C@@H]43)nn(-c3ccc(CN4CCOCC4)cc3)c1-2. The first-order valence-electron chi connectivity index (χ1n) is 13.3. The van der Waals surface area contributed by atoms with Gasteiger partial charge in [0.05, 0.1) is 54.0 Å². The van der Waals surface area contributed by atoms with E-state index in [0.717, 1.165) is 44.1 Å². The molecule has 4 aliphatic rings. The molecule has 4 heterocycles. The number of hydrogen-bond acceptors (Lipinski definition) is 7. The van der Waals surface area contributed by atoms with E-state index in [1.165, 1.54) is 5.56 Å². The van der Waals surface area contributed by atoms with Crippen LogP contribution < -0.4 is 0 Å². The van der Waals surface area contributed by atoms with Crippen LogP contribution in [0.4, 0.5) is 0 Å². The molecular weight excluding hydrogens is 516 g/mol. The van der Waals surface area contributed by atoms with Crippen LogP contribution in [0.15, 0.2) is 59.5 Å². The molecule has 10 heteroatoms. The Morgan fingerprint density at radius 2 is 1.82 bits per heavy atom. The third-order valence-electron chi connectivity index (χ3n) is 8.04. The van der Waals surface area contributed by atoms with E-state index in [-0.39, 0.29) is 34.4 Å². The Morgan fingerprint density at radius 1 is 1.03 bits per heavy atom. The molecule has 2 atom stereocenters. The number of rotatable bonds is 4. The minimum atomic E-state index is -3.65. The third-order valence-corrected chi connectivity index (χ3v) is 9.71. The number of aryl methyl sites for hydroxylation is 1. The smallest absolute Gasteiger partial charge is 0.275 e. The van der Waals surface area contributed by atoms with E-state index in [1.807, 2.05) is 43.3 Å². The number of carbonyl (C=O) groups excluding carboxylic acids is 1. The van der Waals surface area contributed by atoms with Crippen LogP contribution in [0.5, 0.6) is 0 Å². The predicted octanol–water partition coefficient (Wildman–Crippen LogP) is 2.75. The molecule has 0 bridgehead atoms. The van der Waals surface area contributed by atoms with Gasteiger partial charge in [0, 0.05) is 37.3 Å². The Kier molecular flexibility index (Phi) is 5.96. The summed E-state index contributed by atoms with van der Waals surface area (Å²) in [5.74, 6) is -0.522. The number of fused-ring (bicyclic) bond motifs is 4. The van der Waals surface area contributed by atoms with Gasteiger partial charge in [0.2, 0.25) is 0 Å². The molecule has 0 spiro atoms. The topological polar surface area (TPSA) is 94.0 Å². The molecule has 1 aromatic heterocycles. The van der Waals surface area contributed by atoms with Crippen LogP contribution in [0, 0.1) is 6.92 Å². The van der Waals surface area contributed by atoms with Crippen LogP contribution in [0.2, 0.25) is 0 Å². The molecule has 7 rings (SSSR count). The molecule has 1 aliphatic carbocycles. The predicted molar refractivity (Wildman–Crippen MR) is 144 cm³/mol. The maximum Gasteiger partial charge on any atom is 0.275 e. The summed E-state index contributed by atoms with van der Waals surface area (Å²) in [5, 5.41) is 4.82. The summed E-state index contributed by atoms with van der Waals surface area (Å²) in [4.78, 5) is 18.3. The quantitative estimate of drug-likeness (QED) is 0.465. The number of benzene rings is 2. The van der Waals surface area contributed by atoms with Gasteiger partial charge in [-0.3, -0.25) is 9.69 Å². The Labute approximate surface area is 227 Å². The number of aromatic nitrogens is 2. The second-order valence-corrected chi connectivity index (χ2v) is 12.6. The molecular formula is C29H30N4O5S. The lowest BCUT2D eigenvalue weighted by atomic mass is 9.95. The molecule has 39 heavy (non-hydrogen) atoms. The summed E-state index contributed by atoms with van der Waals surface area (Å²) in [5.41, 5.74) is 4.72. The van der Waals surface area contributed by atoms with Crippen LogP contribution in [-0.4, -0.2) is 85.5 Å². The number of carbonyl (C=O) groups is 1. The highest BCUT2D eigenvalue weighted by Gasteiger charge is 2.42. The van der Waals surface area contributed by atoms with Gasteiger partial charge in [0.15, 0.2) is 15.5 Å². The van der Waals surface area contributed by atoms with E-state index in [2.05, 4.69) is 17.0 Å². The average molecular weight is 547 g/mol. The van der Waals surface area contributed by atoms with Gasteiger partial charge in [-0.15, -0.1) is 0 Å². The third kappa shape index (κ3) is 4.22. The number of sulfone groups is 1. The summed E-state index contributed by atoms with van der Waals surface area (Å²) in [6, 6.07) is 13.4. The lowest BCUT2D eigenvalue weighted by Crippen LogP contribution is -2.55. The van der Waals surface area contributed by atoms with Gasteiger partial charge in [-0.2, -0.15) is 5.10 Å². The van der Waals surface area contributed by atoms with E-state index in [9.17, 15) is 13.2 Å². The summed E-state index contributed by atoms with van der Waals surface area (Å²) in [6.07, 6.45) is 3.78. The van der Waals surface area contributed by atoms with E-state index in [1.54, 1.807) is 15.6 Å². The molecule has 0 saturated carbocycles. The maximum absolute atomic E-state index is 13.9. The lowest BCUT2D eigenvalue weighted by Gasteiger charge is -2.42. The first kappa shape index (κ1) is 24.7. The van der Waals surface area contributed by atoms with Gasteiger partial charge in [0.1, 0.15) is 0 Å². The number of nitrogens with zero attached hydrogens (tertiary/aromatic N) is 4. The number of morpholine rings is 2. The Hall–Kier alpha value is -3.31. The minimum absolute atomic E-state index is 0.118. The zero-order valence-electron chi connectivity index (χ0n) is 21.7. The minimum Gasteiger partial charge on any atom is -0.379 e. The van der Waals surface area contributed by atoms with Crippen molar-refractivity contribution in [1.29, 1.82) is 0 Å². The number of amides is 1. The van der Waals surface area contributed by atoms with Crippen LogP contribution in [0.25, 0.3) is 16.9 Å². The standard InChI is InChI=1S/C29H30N4O5S/c1-19-2-7-22-26(16-19)39(35,36)18-23-27(29(34)32-12-15-38-25-9-8-24(25)32)30-33(28(22)23)21-5-3-20(4-6-21)17-31-10-13-37-14-11-31/h2-9,16,24-25H,10-15,17-18H2,1H3/t24-,25+/m0/s1. The highest BCUT2D eigenvalue weighted by atomic mass is 32.2. The summed E-state index contributed by atoms with van der Waals surface area (Å²) >= 11 is 0. The zero-order chi connectivity index (χ0) is 26.7. The molecule has 3 aromatic rings. The highest BCUT2D eigenvalue weighted by Crippen LogP contribution is 2.41. The van der Waals surface area contributed by atoms with Crippen molar-refractivity contribution in [3.63, 3.8) is 0 Å². The van der Waals surface area contributed by atoms with Crippen molar-refractivity contribution < 1.29 is 22.7 Å². The Bertz CT molecular complexity index is 1590. The van der Waals surface area contributed by atoms with Gasteiger partial charge in [-0.1, -0.05) is 36.4 Å². The average Bonchev–Trinajstić information content (AvgIpc) is 3.28. The van der Waals surface area contributed by atoms with Crippen molar-refractivity contribution >= 4 is 15.7 Å². The highest BCUT2D eigenvalue weighted by molar-refractivity contribution is 7.90. The fourth-order valence-electron chi connectivity index (χ4n) is 5.88. The first-order valence-corrected chi connectivity index (χ1v) is 15.0. The van der Waals surface area contributed by atoms with Crippen LogP contribution in [0.1, 0.15) is 27.2 Å².